The normalized spacial score (nSPS) is 16.4. The Balaban J connectivity index is 2.53. The fraction of sp³-hybridized carbons (Fsp3) is 0.364. The number of rotatable bonds is 3. The van der Waals surface area contributed by atoms with Gasteiger partial charge in [-0.05, 0) is 12.1 Å². The largest absolute Gasteiger partial charge is 0.434 e. The van der Waals surface area contributed by atoms with Crippen LogP contribution in [0, 0.1) is 0 Å². The number of benzene rings is 1. The molecule has 122 valence electrons. The van der Waals surface area contributed by atoms with Crippen molar-refractivity contribution >= 4 is 15.9 Å². The van der Waals surface area contributed by atoms with Crippen molar-refractivity contribution < 1.29 is 35.1 Å². The van der Waals surface area contributed by atoms with E-state index in [0.29, 0.717) is 4.90 Å². The van der Waals surface area contributed by atoms with E-state index in [4.69, 9.17) is 0 Å². The highest BCUT2D eigenvalue weighted by atomic mass is 32.2. The molecular formula is C11H9F5N2O3S. The Hall–Kier alpha value is -1.91. The van der Waals surface area contributed by atoms with E-state index in [1.165, 1.54) is 0 Å². The summed E-state index contributed by atoms with van der Waals surface area (Å²) in [5, 5.41) is 0. The van der Waals surface area contributed by atoms with Gasteiger partial charge >= 0.3 is 12.8 Å². The standard InChI is InChI=1S/C11H9F5N2O3S/c1-18(5-11(14,15)16)9-8-6(21-10(12)13)3-2-4-7(8)22(19,20)17-9/h2-4,10H,5H2,1H3. The van der Waals surface area contributed by atoms with E-state index in [1.54, 1.807) is 0 Å². The molecule has 22 heavy (non-hydrogen) atoms. The highest BCUT2D eigenvalue weighted by Gasteiger charge is 2.38. The van der Waals surface area contributed by atoms with E-state index in [2.05, 4.69) is 9.13 Å². The predicted octanol–water partition coefficient (Wildman–Crippen LogP) is 2.23. The van der Waals surface area contributed by atoms with Gasteiger partial charge in [-0.2, -0.15) is 30.4 Å². The number of fused-ring (bicyclic) bond motifs is 1. The lowest BCUT2D eigenvalue weighted by Gasteiger charge is -2.21. The average molecular weight is 344 g/mol. The van der Waals surface area contributed by atoms with Crippen molar-refractivity contribution in [3.63, 3.8) is 0 Å². The molecule has 0 amide bonds. The van der Waals surface area contributed by atoms with E-state index in [1.807, 2.05) is 0 Å². The lowest BCUT2D eigenvalue weighted by Crippen LogP contribution is -2.36. The van der Waals surface area contributed by atoms with Gasteiger partial charge in [0.25, 0.3) is 10.0 Å². The second-order valence-corrected chi connectivity index (χ2v) is 5.94. The SMILES string of the molecule is CN(CC(F)(F)F)C1=NS(=O)(=O)c2cccc(OC(F)F)c21. The lowest BCUT2D eigenvalue weighted by atomic mass is 10.1. The minimum Gasteiger partial charge on any atom is -0.434 e. The second-order valence-electron chi connectivity index (χ2n) is 4.37. The molecule has 0 spiro atoms. The summed E-state index contributed by atoms with van der Waals surface area (Å²) in [6, 6.07) is 3.22. The van der Waals surface area contributed by atoms with E-state index < -0.39 is 51.4 Å². The fourth-order valence-electron chi connectivity index (χ4n) is 1.95. The van der Waals surface area contributed by atoms with Crippen LogP contribution in [0.2, 0.25) is 0 Å². The van der Waals surface area contributed by atoms with Crippen molar-refractivity contribution in [3.05, 3.63) is 23.8 Å². The van der Waals surface area contributed by atoms with Crippen LogP contribution >= 0.6 is 0 Å². The van der Waals surface area contributed by atoms with Gasteiger partial charge < -0.3 is 9.64 Å². The molecule has 0 atom stereocenters. The third-order valence-corrected chi connectivity index (χ3v) is 4.00. The van der Waals surface area contributed by atoms with E-state index in [0.717, 1.165) is 25.2 Å². The minimum absolute atomic E-state index is 0.408. The Kier molecular flexibility index (Phi) is 4.02. The summed E-state index contributed by atoms with van der Waals surface area (Å²) in [4.78, 5) is 0.0384. The van der Waals surface area contributed by atoms with Gasteiger partial charge in [0.15, 0.2) is 5.84 Å². The Bertz CT molecular complexity index is 715. The summed E-state index contributed by atoms with van der Waals surface area (Å²) in [5.41, 5.74) is -0.408. The number of halogens is 5. The number of hydrogen-bond acceptors (Lipinski definition) is 4. The van der Waals surface area contributed by atoms with Crippen LogP contribution in [-0.4, -0.2) is 45.5 Å². The zero-order valence-corrected chi connectivity index (χ0v) is 11.8. The second kappa shape index (κ2) is 5.38. The van der Waals surface area contributed by atoms with Crippen LogP contribution < -0.4 is 4.74 Å². The number of sulfonamides is 1. The predicted molar refractivity (Wildman–Crippen MR) is 65.5 cm³/mol. The highest BCUT2D eigenvalue weighted by molar-refractivity contribution is 7.90. The summed E-state index contributed by atoms with van der Waals surface area (Å²) < 4.78 is 93.1. The summed E-state index contributed by atoms with van der Waals surface area (Å²) in [6.07, 6.45) is -4.62. The van der Waals surface area contributed by atoms with Crippen LogP contribution in [0.25, 0.3) is 0 Å². The summed E-state index contributed by atoms with van der Waals surface area (Å²) in [5.74, 6) is -1.15. The van der Waals surface area contributed by atoms with Crippen LogP contribution in [0.5, 0.6) is 5.75 Å². The van der Waals surface area contributed by atoms with E-state index in [9.17, 15) is 30.4 Å². The Labute approximate surface area is 122 Å². The number of ether oxygens (including phenoxy) is 1. The molecule has 1 heterocycles. The van der Waals surface area contributed by atoms with E-state index >= 15 is 0 Å². The molecule has 11 heteroatoms. The van der Waals surface area contributed by atoms with Gasteiger partial charge in [0.05, 0.1) is 5.56 Å². The zero-order valence-electron chi connectivity index (χ0n) is 10.9. The molecule has 0 N–H and O–H groups in total. The van der Waals surface area contributed by atoms with Gasteiger partial charge in [0.2, 0.25) is 0 Å². The van der Waals surface area contributed by atoms with Crippen LogP contribution in [0.4, 0.5) is 22.0 Å². The maximum atomic E-state index is 12.4. The van der Waals surface area contributed by atoms with Crippen molar-refractivity contribution in [2.24, 2.45) is 4.40 Å². The summed E-state index contributed by atoms with van der Waals surface area (Å²) in [7, 11) is -3.31. The molecule has 1 aliphatic heterocycles. The Morgan fingerprint density at radius 1 is 1.32 bits per heavy atom. The van der Waals surface area contributed by atoms with Crippen molar-refractivity contribution in [2.45, 2.75) is 17.7 Å². The van der Waals surface area contributed by atoms with Crippen LogP contribution in [0.1, 0.15) is 5.56 Å². The molecule has 0 unspecified atom stereocenters. The molecule has 5 nitrogen and oxygen atoms in total. The van der Waals surface area contributed by atoms with Crippen molar-refractivity contribution in [1.82, 2.24) is 4.90 Å². The monoisotopic (exact) mass is 344 g/mol. The van der Waals surface area contributed by atoms with Crippen molar-refractivity contribution in [1.29, 1.82) is 0 Å². The van der Waals surface area contributed by atoms with E-state index in [-0.39, 0.29) is 0 Å². The molecule has 1 aromatic rings. The van der Waals surface area contributed by atoms with Crippen molar-refractivity contribution in [2.75, 3.05) is 13.6 Å². The van der Waals surface area contributed by atoms with Gasteiger partial charge in [-0.3, -0.25) is 0 Å². The number of hydrogen-bond donors (Lipinski definition) is 0. The third-order valence-electron chi connectivity index (χ3n) is 2.69. The molecule has 0 bridgehead atoms. The molecule has 0 aliphatic carbocycles. The molecule has 1 aromatic carbocycles. The topological polar surface area (TPSA) is 59.0 Å². The van der Waals surface area contributed by atoms with Crippen LogP contribution in [0.3, 0.4) is 0 Å². The molecule has 0 aromatic heterocycles. The Morgan fingerprint density at radius 2 is 1.95 bits per heavy atom. The molecule has 0 saturated heterocycles. The first-order valence-corrected chi connectivity index (χ1v) is 7.16. The maximum Gasteiger partial charge on any atom is 0.405 e. The smallest absolute Gasteiger partial charge is 0.405 e. The molecule has 2 rings (SSSR count). The van der Waals surface area contributed by atoms with Gasteiger partial charge in [-0.1, -0.05) is 6.07 Å². The van der Waals surface area contributed by atoms with Gasteiger partial charge in [-0.15, -0.1) is 4.40 Å². The Morgan fingerprint density at radius 3 is 2.50 bits per heavy atom. The first kappa shape index (κ1) is 16.5. The number of nitrogens with zero attached hydrogens (tertiary/aromatic N) is 2. The fourth-order valence-corrected chi connectivity index (χ4v) is 3.21. The van der Waals surface area contributed by atoms with Gasteiger partial charge in [0.1, 0.15) is 17.2 Å². The van der Waals surface area contributed by atoms with Gasteiger partial charge in [0, 0.05) is 7.05 Å². The zero-order chi connectivity index (χ0) is 16.7. The molecule has 1 aliphatic rings. The minimum atomic E-state index is -4.62. The first-order chi connectivity index (χ1) is 10.0. The summed E-state index contributed by atoms with van der Waals surface area (Å²) >= 11 is 0. The molecular weight excluding hydrogens is 335 g/mol. The third kappa shape index (κ3) is 3.29. The average Bonchev–Trinajstić information content (AvgIpc) is 2.60. The van der Waals surface area contributed by atoms with Crippen LogP contribution in [-0.2, 0) is 10.0 Å². The maximum absolute atomic E-state index is 12.4. The quantitative estimate of drug-likeness (QED) is 0.789. The number of alkyl halides is 5. The highest BCUT2D eigenvalue weighted by Crippen LogP contribution is 2.35. The van der Waals surface area contributed by atoms with Gasteiger partial charge in [-0.25, -0.2) is 0 Å². The van der Waals surface area contributed by atoms with Crippen molar-refractivity contribution in [3.8, 4) is 5.75 Å². The number of amidine groups is 1. The lowest BCUT2D eigenvalue weighted by molar-refractivity contribution is -0.135. The molecule has 0 radical (unpaired) electrons. The molecule has 0 saturated carbocycles. The van der Waals surface area contributed by atoms with Crippen LogP contribution in [0.15, 0.2) is 27.5 Å². The molecule has 0 fully saturated rings. The summed E-state index contributed by atoms with van der Waals surface area (Å²) in [6.45, 7) is -4.76. The first-order valence-electron chi connectivity index (χ1n) is 5.72.